The van der Waals surface area contributed by atoms with Gasteiger partial charge in [0, 0.05) is 31.8 Å². The maximum absolute atomic E-state index is 5.43. The fourth-order valence-corrected chi connectivity index (χ4v) is 3.55. The van der Waals surface area contributed by atoms with Gasteiger partial charge in [-0.15, -0.1) is 0 Å². The number of piperidine rings is 1. The molecule has 92 valence electrons. The van der Waals surface area contributed by atoms with Crippen molar-refractivity contribution in [3.05, 3.63) is 0 Å². The van der Waals surface area contributed by atoms with E-state index < -0.39 is 0 Å². The summed E-state index contributed by atoms with van der Waals surface area (Å²) in [6.45, 7) is 5.80. The van der Waals surface area contributed by atoms with Gasteiger partial charge in [0.15, 0.2) is 0 Å². The molecule has 0 aliphatic carbocycles. The Kier molecular flexibility index (Phi) is 3.46. The van der Waals surface area contributed by atoms with E-state index in [2.05, 4.69) is 10.2 Å². The first kappa shape index (κ1) is 11.0. The van der Waals surface area contributed by atoms with Gasteiger partial charge in [-0.2, -0.15) is 0 Å². The van der Waals surface area contributed by atoms with Gasteiger partial charge in [-0.05, 0) is 38.1 Å². The van der Waals surface area contributed by atoms with E-state index in [-0.39, 0.29) is 0 Å². The third kappa shape index (κ3) is 2.27. The van der Waals surface area contributed by atoms with Gasteiger partial charge in [0.1, 0.15) is 0 Å². The van der Waals surface area contributed by atoms with Crippen molar-refractivity contribution in [2.75, 3.05) is 32.8 Å². The Morgan fingerprint density at radius 1 is 1.12 bits per heavy atom. The van der Waals surface area contributed by atoms with Crippen molar-refractivity contribution in [2.24, 2.45) is 5.92 Å². The SMILES string of the molecule is C1CCN2CCC(NCC3CCOC3)C2C1. The normalized spacial score (nSPS) is 40.1. The predicted octanol–water partition coefficient (Wildman–Crippen LogP) is 1.24. The van der Waals surface area contributed by atoms with Crippen molar-refractivity contribution in [1.82, 2.24) is 10.2 Å². The smallest absolute Gasteiger partial charge is 0.0507 e. The molecule has 3 heteroatoms. The van der Waals surface area contributed by atoms with Crippen molar-refractivity contribution in [3.8, 4) is 0 Å². The maximum atomic E-state index is 5.43. The highest BCUT2D eigenvalue weighted by atomic mass is 16.5. The van der Waals surface area contributed by atoms with Crippen LogP contribution in [0.25, 0.3) is 0 Å². The molecule has 0 aromatic rings. The molecule has 0 amide bonds. The van der Waals surface area contributed by atoms with E-state index in [1.165, 1.54) is 51.7 Å². The highest BCUT2D eigenvalue weighted by Crippen LogP contribution is 2.27. The van der Waals surface area contributed by atoms with Crippen LogP contribution in [0.15, 0.2) is 0 Å². The van der Waals surface area contributed by atoms with Gasteiger partial charge in [0.05, 0.1) is 6.61 Å². The zero-order chi connectivity index (χ0) is 10.8. The molecule has 3 rings (SSSR count). The Morgan fingerprint density at radius 3 is 3.00 bits per heavy atom. The van der Waals surface area contributed by atoms with Gasteiger partial charge < -0.3 is 10.1 Å². The molecule has 0 saturated carbocycles. The number of nitrogens with one attached hydrogen (secondary N) is 1. The van der Waals surface area contributed by atoms with Crippen LogP contribution in [0.4, 0.5) is 0 Å². The molecule has 0 spiro atoms. The summed E-state index contributed by atoms with van der Waals surface area (Å²) in [4.78, 5) is 2.70. The molecule has 16 heavy (non-hydrogen) atoms. The Labute approximate surface area is 98.5 Å². The second-order valence-corrected chi connectivity index (χ2v) is 5.63. The molecule has 0 aromatic heterocycles. The van der Waals surface area contributed by atoms with Crippen LogP contribution in [0.2, 0.25) is 0 Å². The van der Waals surface area contributed by atoms with Crippen LogP contribution in [0.5, 0.6) is 0 Å². The molecule has 0 radical (unpaired) electrons. The van der Waals surface area contributed by atoms with Gasteiger partial charge >= 0.3 is 0 Å². The van der Waals surface area contributed by atoms with Crippen LogP contribution >= 0.6 is 0 Å². The van der Waals surface area contributed by atoms with E-state index in [9.17, 15) is 0 Å². The number of nitrogens with zero attached hydrogens (tertiary/aromatic N) is 1. The van der Waals surface area contributed by atoms with Crippen LogP contribution < -0.4 is 5.32 Å². The van der Waals surface area contributed by atoms with Crippen LogP contribution in [0.3, 0.4) is 0 Å². The van der Waals surface area contributed by atoms with Gasteiger partial charge in [-0.1, -0.05) is 6.42 Å². The summed E-state index contributed by atoms with van der Waals surface area (Å²) in [5.74, 6) is 0.776. The molecule has 3 atom stereocenters. The average molecular weight is 224 g/mol. The minimum absolute atomic E-state index is 0.765. The fourth-order valence-electron chi connectivity index (χ4n) is 3.55. The van der Waals surface area contributed by atoms with E-state index in [0.29, 0.717) is 0 Å². The zero-order valence-electron chi connectivity index (χ0n) is 10.2. The van der Waals surface area contributed by atoms with Gasteiger partial charge in [-0.25, -0.2) is 0 Å². The van der Waals surface area contributed by atoms with E-state index in [1.54, 1.807) is 0 Å². The topological polar surface area (TPSA) is 24.5 Å². The highest BCUT2D eigenvalue weighted by Gasteiger charge is 2.35. The molecule has 3 saturated heterocycles. The summed E-state index contributed by atoms with van der Waals surface area (Å²) in [5.41, 5.74) is 0. The standard InChI is InChI=1S/C13H24N2O/c1-2-6-15-7-4-12(13(15)3-1)14-9-11-5-8-16-10-11/h11-14H,1-10H2. The van der Waals surface area contributed by atoms with Gasteiger partial charge in [0.2, 0.25) is 0 Å². The molecule has 0 bridgehead atoms. The third-order valence-corrected chi connectivity index (χ3v) is 4.55. The number of hydrogen-bond acceptors (Lipinski definition) is 3. The molecule has 3 unspecified atom stereocenters. The van der Waals surface area contributed by atoms with Gasteiger partial charge in [-0.3, -0.25) is 4.90 Å². The number of fused-ring (bicyclic) bond motifs is 1. The molecular weight excluding hydrogens is 200 g/mol. The Balaban J connectivity index is 1.47. The largest absolute Gasteiger partial charge is 0.381 e. The molecule has 3 aliphatic heterocycles. The lowest BCUT2D eigenvalue weighted by Crippen LogP contribution is -2.46. The molecule has 3 fully saturated rings. The number of rotatable bonds is 3. The van der Waals surface area contributed by atoms with Crippen LogP contribution in [0.1, 0.15) is 32.1 Å². The summed E-state index contributed by atoms with van der Waals surface area (Å²) in [5, 5.41) is 3.80. The minimum Gasteiger partial charge on any atom is -0.381 e. The second kappa shape index (κ2) is 5.03. The van der Waals surface area contributed by atoms with Crippen molar-refractivity contribution in [1.29, 1.82) is 0 Å². The number of hydrogen-bond donors (Lipinski definition) is 1. The first-order valence-electron chi connectivity index (χ1n) is 6.98. The fraction of sp³-hybridized carbons (Fsp3) is 1.00. The van der Waals surface area contributed by atoms with Gasteiger partial charge in [0.25, 0.3) is 0 Å². The molecule has 3 heterocycles. The lowest BCUT2D eigenvalue weighted by atomic mass is 9.98. The Morgan fingerprint density at radius 2 is 2.12 bits per heavy atom. The van der Waals surface area contributed by atoms with E-state index in [0.717, 1.165) is 31.2 Å². The molecule has 3 nitrogen and oxygen atoms in total. The van der Waals surface area contributed by atoms with Crippen LogP contribution in [0, 0.1) is 5.92 Å². The van der Waals surface area contributed by atoms with Crippen molar-refractivity contribution < 1.29 is 4.74 Å². The van der Waals surface area contributed by atoms with Crippen LogP contribution in [-0.2, 0) is 4.74 Å². The molecule has 1 N–H and O–H groups in total. The summed E-state index contributed by atoms with van der Waals surface area (Å²) < 4.78 is 5.43. The Bertz CT molecular complexity index is 228. The van der Waals surface area contributed by atoms with Crippen molar-refractivity contribution >= 4 is 0 Å². The minimum atomic E-state index is 0.765. The van der Waals surface area contributed by atoms with Crippen molar-refractivity contribution in [2.45, 2.75) is 44.2 Å². The lowest BCUT2D eigenvalue weighted by molar-refractivity contribution is 0.172. The zero-order valence-corrected chi connectivity index (χ0v) is 10.2. The first-order valence-corrected chi connectivity index (χ1v) is 6.98. The van der Waals surface area contributed by atoms with E-state index >= 15 is 0 Å². The maximum Gasteiger partial charge on any atom is 0.0507 e. The summed E-state index contributed by atoms with van der Waals surface area (Å²) in [6.07, 6.45) is 6.89. The third-order valence-electron chi connectivity index (χ3n) is 4.55. The van der Waals surface area contributed by atoms with Crippen molar-refractivity contribution in [3.63, 3.8) is 0 Å². The van der Waals surface area contributed by atoms with E-state index in [1.807, 2.05) is 0 Å². The first-order chi connectivity index (χ1) is 7.93. The average Bonchev–Trinajstić information content (AvgIpc) is 2.96. The quantitative estimate of drug-likeness (QED) is 0.780. The highest BCUT2D eigenvalue weighted by molar-refractivity contribution is 4.94. The summed E-state index contributed by atoms with van der Waals surface area (Å²) in [7, 11) is 0. The Hall–Kier alpha value is -0.120. The molecule has 3 aliphatic rings. The molecule has 0 aromatic carbocycles. The second-order valence-electron chi connectivity index (χ2n) is 5.63. The summed E-state index contributed by atoms with van der Waals surface area (Å²) >= 11 is 0. The molecular formula is C13H24N2O. The monoisotopic (exact) mass is 224 g/mol. The summed E-state index contributed by atoms with van der Waals surface area (Å²) in [6, 6.07) is 1.61. The predicted molar refractivity (Wildman–Crippen MR) is 64.5 cm³/mol. The van der Waals surface area contributed by atoms with Crippen LogP contribution in [-0.4, -0.2) is 49.8 Å². The van der Waals surface area contributed by atoms with E-state index in [4.69, 9.17) is 4.74 Å². The number of ether oxygens (including phenoxy) is 1. The lowest BCUT2D eigenvalue weighted by Gasteiger charge is -2.33.